The minimum absolute atomic E-state index is 0.107. The Balaban J connectivity index is 1.66. The average Bonchev–Trinajstić information content (AvgIpc) is 3.02. The minimum atomic E-state index is -0.107. The normalized spacial score (nSPS) is 33.8. The Hall–Kier alpha value is -1.40. The molecule has 18 heavy (non-hydrogen) atoms. The maximum absolute atomic E-state index is 12.0. The van der Waals surface area contributed by atoms with Gasteiger partial charge in [-0.25, -0.2) is 4.98 Å². The second kappa shape index (κ2) is 4.70. The summed E-state index contributed by atoms with van der Waals surface area (Å²) < 4.78 is 10.9. The number of fused-ring (bicyclic) bond motifs is 1. The molecule has 0 bridgehead atoms. The van der Waals surface area contributed by atoms with E-state index in [2.05, 4.69) is 15.3 Å². The molecule has 1 aromatic rings. The molecule has 2 aliphatic rings. The maximum atomic E-state index is 12.0. The van der Waals surface area contributed by atoms with Gasteiger partial charge in [-0.2, -0.15) is 0 Å². The SMILES string of the molecule is COC[C@@H]1[C@H](NC(=O)c2cnc[nH]2)[C@@H]2CCO[C@H]12. The Morgan fingerprint density at radius 2 is 2.61 bits per heavy atom. The Labute approximate surface area is 105 Å². The summed E-state index contributed by atoms with van der Waals surface area (Å²) in [5.74, 6) is 0.579. The molecule has 6 heteroatoms. The highest BCUT2D eigenvalue weighted by Gasteiger charge is 2.54. The van der Waals surface area contributed by atoms with Crippen molar-refractivity contribution in [3.63, 3.8) is 0 Å². The van der Waals surface area contributed by atoms with E-state index in [0.29, 0.717) is 18.2 Å². The van der Waals surface area contributed by atoms with Crippen LogP contribution in [0.15, 0.2) is 12.5 Å². The van der Waals surface area contributed by atoms with Gasteiger partial charge in [0, 0.05) is 31.6 Å². The fraction of sp³-hybridized carbons (Fsp3) is 0.667. The third-order valence-corrected chi connectivity index (χ3v) is 3.93. The summed E-state index contributed by atoms with van der Waals surface area (Å²) >= 11 is 0. The molecule has 1 aromatic heterocycles. The Morgan fingerprint density at radius 1 is 1.72 bits per heavy atom. The highest BCUT2D eigenvalue weighted by atomic mass is 16.5. The summed E-state index contributed by atoms with van der Waals surface area (Å²) in [4.78, 5) is 18.6. The van der Waals surface area contributed by atoms with Crippen LogP contribution in [0, 0.1) is 11.8 Å². The molecule has 0 unspecified atom stereocenters. The van der Waals surface area contributed by atoms with Gasteiger partial charge in [-0.3, -0.25) is 4.79 Å². The number of hydrogen-bond acceptors (Lipinski definition) is 4. The van der Waals surface area contributed by atoms with E-state index in [4.69, 9.17) is 9.47 Å². The van der Waals surface area contributed by atoms with Crippen LogP contribution >= 0.6 is 0 Å². The number of carbonyl (C=O) groups excluding carboxylic acids is 1. The summed E-state index contributed by atoms with van der Waals surface area (Å²) in [7, 11) is 1.68. The Kier molecular flexibility index (Phi) is 3.05. The van der Waals surface area contributed by atoms with E-state index in [9.17, 15) is 4.79 Å². The van der Waals surface area contributed by atoms with Gasteiger partial charge in [0.15, 0.2) is 0 Å². The van der Waals surface area contributed by atoms with Crippen LogP contribution in [-0.2, 0) is 9.47 Å². The molecular formula is C12H17N3O3. The van der Waals surface area contributed by atoms with Crippen molar-refractivity contribution in [2.75, 3.05) is 20.3 Å². The molecule has 0 radical (unpaired) electrons. The third kappa shape index (κ3) is 1.81. The van der Waals surface area contributed by atoms with E-state index in [1.807, 2.05) is 0 Å². The van der Waals surface area contributed by atoms with Gasteiger partial charge in [0.1, 0.15) is 5.69 Å². The van der Waals surface area contributed by atoms with Gasteiger partial charge >= 0.3 is 0 Å². The van der Waals surface area contributed by atoms with E-state index in [-0.39, 0.29) is 24.0 Å². The topological polar surface area (TPSA) is 76.2 Å². The number of ether oxygens (including phenoxy) is 2. The van der Waals surface area contributed by atoms with Gasteiger partial charge in [0.25, 0.3) is 5.91 Å². The molecule has 2 heterocycles. The summed E-state index contributed by atoms with van der Waals surface area (Å²) in [5.41, 5.74) is 0.494. The van der Waals surface area contributed by atoms with Crippen LogP contribution in [0.25, 0.3) is 0 Å². The quantitative estimate of drug-likeness (QED) is 0.801. The van der Waals surface area contributed by atoms with E-state index in [0.717, 1.165) is 13.0 Å². The predicted molar refractivity (Wildman–Crippen MR) is 63.1 cm³/mol. The first kappa shape index (κ1) is 11.7. The molecule has 1 saturated carbocycles. The van der Waals surface area contributed by atoms with Crippen LogP contribution in [0.2, 0.25) is 0 Å². The number of rotatable bonds is 4. The Bertz CT molecular complexity index is 420. The maximum Gasteiger partial charge on any atom is 0.269 e. The predicted octanol–water partition coefficient (Wildman–Crippen LogP) is 0.189. The lowest BCUT2D eigenvalue weighted by atomic mass is 9.67. The fourth-order valence-corrected chi connectivity index (χ4v) is 3.04. The van der Waals surface area contributed by atoms with Gasteiger partial charge in [-0.15, -0.1) is 0 Å². The van der Waals surface area contributed by atoms with Crippen molar-refractivity contribution in [2.45, 2.75) is 18.6 Å². The molecular weight excluding hydrogens is 234 g/mol. The zero-order chi connectivity index (χ0) is 12.5. The van der Waals surface area contributed by atoms with Crippen LogP contribution in [0.3, 0.4) is 0 Å². The van der Waals surface area contributed by atoms with Gasteiger partial charge in [0.2, 0.25) is 0 Å². The Morgan fingerprint density at radius 3 is 3.33 bits per heavy atom. The number of carbonyl (C=O) groups is 1. The van der Waals surface area contributed by atoms with Gasteiger partial charge in [0.05, 0.1) is 25.2 Å². The van der Waals surface area contributed by atoms with Crippen LogP contribution in [0.4, 0.5) is 0 Å². The van der Waals surface area contributed by atoms with Crippen molar-refractivity contribution in [1.29, 1.82) is 0 Å². The van der Waals surface area contributed by atoms with Crippen LogP contribution in [0.1, 0.15) is 16.9 Å². The minimum Gasteiger partial charge on any atom is -0.384 e. The van der Waals surface area contributed by atoms with Gasteiger partial charge in [-0.1, -0.05) is 0 Å². The van der Waals surface area contributed by atoms with Crippen molar-refractivity contribution in [3.8, 4) is 0 Å². The molecule has 0 aromatic carbocycles. The summed E-state index contributed by atoms with van der Waals surface area (Å²) in [6.07, 6.45) is 4.29. The lowest BCUT2D eigenvalue weighted by Gasteiger charge is -2.47. The van der Waals surface area contributed by atoms with Crippen molar-refractivity contribution in [2.24, 2.45) is 11.8 Å². The zero-order valence-electron chi connectivity index (χ0n) is 10.3. The second-order valence-electron chi connectivity index (χ2n) is 4.87. The number of nitrogens with zero attached hydrogens (tertiary/aromatic N) is 1. The average molecular weight is 251 g/mol. The number of hydrogen-bond donors (Lipinski definition) is 2. The monoisotopic (exact) mass is 251 g/mol. The molecule has 0 spiro atoms. The zero-order valence-corrected chi connectivity index (χ0v) is 10.3. The molecule has 1 aliphatic carbocycles. The largest absolute Gasteiger partial charge is 0.384 e. The van der Waals surface area contributed by atoms with Crippen molar-refractivity contribution in [1.82, 2.24) is 15.3 Å². The number of amides is 1. The highest BCUT2D eigenvalue weighted by molar-refractivity contribution is 5.92. The molecule has 4 atom stereocenters. The van der Waals surface area contributed by atoms with Gasteiger partial charge in [-0.05, 0) is 6.42 Å². The molecule has 1 saturated heterocycles. The van der Waals surface area contributed by atoms with Crippen molar-refractivity contribution >= 4 is 5.91 Å². The molecule has 98 valence electrons. The lowest BCUT2D eigenvalue weighted by Crippen LogP contribution is -2.62. The summed E-state index contributed by atoms with van der Waals surface area (Å²) in [5, 5.41) is 3.05. The fourth-order valence-electron chi connectivity index (χ4n) is 3.04. The van der Waals surface area contributed by atoms with E-state index in [1.165, 1.54) is 12.5 Å². The van der Waals surface area contributed by atoms with Crippen LogP contribution in [0.5, 0.6) is 0 Å². The molecule has 3 rings (SSSR count). The molecule has 1 aliphatic heterocycles. The van der Waals surface area contributed by atoms with Crippen LogP contribution in [-0.4, -0.2) is 48.3 Å². The highest BCUT2D eigenvalue weighted by Crippen LogP contribution is 2.43. The summed E-state index contributed by atoms with van der Waals surface area (Å²) in [6, 6.07) is 0.147. The van der Waals surface area contributed by atoms with Gasteiger partial charge < -0.3 is 19.8 Å². The van der Waals surface area contributed by atoms with Crippen LogP contribution < -0.4 is 5.32 Å². The molecule has 2 fully saturated rings. The number of nitrogens with one attached hydrogen (secondary N) is 2. The van der Waals surface area contributed by atoms with E-state index < -0.39 is 0 Å². The third-order valence-electron chi connectivity index (χ3n) is 3.93. The first-order valence-electron chi connectivity index (χ1n) is 6.21. The number of imidazole rings is 1. The standard InChI is InChI=1S/C12H17N3O3/c1-17-5-8-10(7-2-3-18-11(7)8)15-12(16)9-4-13-6-14-9/h4,6-8,10-11H,2-3,5H2,1H3,(H,13,14)(H,15,16)/t7-,8+,10+,11-/m0/s1. The number of aromatic nitrogens is 2. The van der Waals surface area contributed by atoms with E-state index >= 15 is 0 Å². The van der Waals surface area contributed by atoms with Crippen molar-refractivity contribution < 1.29 is 14.3 Å². The summed E-state index contributed by atoms with van der Waals surface area (Å²) in [6.45, 7) is 1.40. The molecule has 6 nitrogen and oxygen atoms in total. The molecule has 2 N–H and O–H groups in total. The first-order valence-corrected chi connectivity index (χ1v) is 6.21. The van der Waals surface area contributed by atoms with E-state index in [1.54, 1.807) is 7.11 Å². The second-order valence-corrected chi connectivity index (χ2v) is 4.87. The smallest absolute Gasteiger partial charge is 0.269 e. The molecule has 1 amide bonds. The van der Waals surface area contributed by atoms with Crippen molar-refractivity contribution in [3.05, 3.63) is 18.2 Å². The number of methoxy groups -OCH3 is 1. The first-order chi connectivity index (χ1) is 8.81. The number of H-pyrrole nitrogens is 1. The number of aromatic amines is 1. The lowest BCUT2D eigenvalue weighted by molar-refractivity contribution is -0.0810.